The molecule has 0 aliphatic heterocycles. The van der Waals surface area contributed by atoms with Gasteiger partial charge in [-0.3, -0.25) is 4.79 Å². The van der Waals surface area contributed by atoms with E-state index in [2.05, 4.69) is 13.8 Å². The molecule has 1 unspecified atom stereocenters. The Labute approximate surface area is 151 Å². The Morgan fingerprint density at radius 3 is 1.50 bits per heavy atom. The van der Waals surface area contributed by atoms with Gasteiger partial charge in [-0.05, 0) is 12.3 Å². The highest BCUT2D eigenvalue weighted by Gasteiger charge is 2.05. The van der Waals surface area contributed by atoms with Crippen LogP contribution in [-0.2, 0) is 4.79 Å². The molecule has 0 heterocycles. The Balaban J connectivity index is 3.15. The van der Waals surface area contributed by atoms with Crippen molar-refractivity contribution in [1.29, 1.82) is 0 Å². The molecule has 0 saturated heterocycles. The average molecular weight is 341 g/mol. The number of unbranched alkanes of at least 4 members (excludes halogenated alkanes) is 12. The van der Waals surface area contributed by atoms with E-state index in [1.165, 1.54) is 96.3 Å². The molecule has 0 bridgehead atoms. The molecule has 2 nitrogen and oxygen atoms in total. The monoisotopic (exact) mass is 340 g/mol. The lowest BCUT2D eigenvalue weighted by Gasteiger charge is -2.13. The number of carboxylic acid groups (broad SMARTS) is 1. The van der Waals surface area contributed by atoms with Crippen LogP contribution in [-0.4, -0.2) is 11.1 Å². The van der Waals surface area contributed by atoms with Gasteiger partial charge >= 0.3 is 5.97 Å². The zero-order chi connectivity index (χ0) is 17.9. The average Bonchev–Trinajstić information content (AvgIpc) is 2.57. The van der Waals surface area contributed by atoms with Gasteiger partial charge in [0.1, 0.15) is 0 Å². The summed E-state index contributed by atoms with van der Waals surface area (Å²) in [5.41, 5.74) is 0. The highest BCUT2D eigenvalue weighted by molar-refractivity contribution is 5.66. The topological polar surface area (TPSA) is 37.3 Å². The summed E-state index contributed by atoms with van der Waals surface area (Å²) in [7, 11) is 0. The summed E-state index contributed by atoms with van der Waals surface area (Å²) >= 11 is 0. The molecule has 0 saturated carbocycles. The molecule has 0 spiro atoms. The van der Waals surface area contributed by atoms with E-state index in [9.17, 15) is 4.79 Å². The first-order chi connectivity index (χ1) is 11.7. The third-order valence-electron chi connectivity index (χ3n) is 5.30. The van der Waals surface area contributed by atoms with E-state index in [0.29, 0.717) is 6.42 Å². The summed E-state index contributed by atoms with van der Waals surface area (Å²) in [5, 5.41) is 8.56. The van der Waals surface area contributed by atoms with Crippen molar-refractivity contribution in [2.45, 2.75) is 129 Å². The summed E-state index contributed by atoms with van der Waals surface area (Å²) in [4.78, 5) is 10.4. The molecule has 0 aromatic carbocycles. The number of carboxylic acids is 1. The van der Waals surface area contributed by atoms with E-state index in [1.54, 1.807) is 0 Å². The van der Waals surface area contributed by atoms with Gasteiger partial charge in [-0.15, -0.1) is 0 Å². The maximum Gasteiger partial charge on any atom is 0.303 e. The molecule has 2 heteroatoms. The molecule has 0 aliphatic carbocycles. The minimum atomic E-state index is -0.652. The summed E-state index contributed by atoms with van der Waals surface area (Å²) in [6.45, 7) is 4.65. The number of hydrogen-bond donors (Lipinski definition) is 1. The van der Waals surface area contributed by atoms with Crippen LogP contribution in [0.15, 0.2) is 0 Å². The minimum Gasteiger partial charge on any atom is -0.481 e. The predicted molar refractivity (Wildman–Crippen MR) is 106 cm³/mol. The summed E-state index contributed by atoms with van der Waals surface area (Å²) in [5.74, 6) is 0.335. The summed E-state index contributed by atoms with van der Waals surface area (Å²) < 4.78 is 0. The predicted octanol–water partition coefficient (Wildman–Crippen LogP) is 7.75. The molecular formula is C22H44O2. The van der Waals surface area contributed by atoms with Crippen LogP contribution in [0, 0.1) is 5.92 Å². The van der Waals surface area contributed by atoms with E-state index >= 15 is 0 Å². The van der Waals surface area contributed by atoms with E-state index in [-0.39, 0.29) is 0 Å². The lowest BCUT2D eigenvalue weighted by atomic mass is 9.93. The van der Waals surface area contributed by atoms with Gasteiger partial charge in [-0.1, -0.05) is 117 Å². The van der Waals surface area contributed by atoms with Gasteiger partial charge in [0.05, 0.1) is 0 Å². The van der Waals surface area contributed by atoms with Crippen molar-refractivity contribution in [3.05, 3.63) is 0 Å². The second kappa shape index (κ2) is 18.8. The van der Waals surface area contributed by atoms with Crippen LogP contribution in [0.1, 0.15) is 129 Å². The fraction of sp³-hybridized carbons (Fsp3) is 0.955. The number of rotatable bonds is 19. The molecule has 0 aliphatic rings. The van der Waals surface area contributed by atoms with Crippen LogP contribution in [0.4, 0.5) is 0 Å². The maximum absolute atomic E-state index is 10.4. The standard InChI is InChI=1S/C22H44O2/c1-3-5-18-21(4-2)19-16-14-12-10-8-6-7-9-11-13-15-17-20-22(23)24/h21H,3-20H2,1-2H3,(H,23,24). The number of carbonyl (C=O) groups is 1. The molecule has 1 atom stereocenters. The zero-order valence-corrected chi connectivity index (χ0v) is 16.7. The lowest BCUT2D eigenvalue weighted by Crippen LogP contribution is -1.98. The van der Waals surface area contributed by atoms with Crippen LogP contribution < -0.4 is 0 Å². The van der Waals surface area contributed by atoms with Crippen molar-refractivity contribution in [2.24, 2.45) is 5.92 Å². The van der Waals surface area contributed by atoms with Crippen LogP contribution in [0.3, 0.4) is 0 Å². The van der Waals surface area contributed by atoms with Crippen molar-refractivity contribution >= 4 is 5.97 Å². The largest absolute Gasteiger partial charge is 0.481 e. The van der Waals surface area contributed by atoms with Gasteiger partial charge < -0.3 is 5.11 Å². The minimum absolute atomic E-state index is 0.345. The fourth-order valence-corrected chi connectivity index (χ4v) is 3.52. The SMILES string of the molecule is CCCCC(CC)CCCCCCCCCCCCCCC(=O)O. The molecule has 0 aromatic heterocycles. The Hall–Kier alpha value is -0.530. The van der Waals surface area contributed by atoms with E-state index in [1.807, 2.05) is 0 Å². The van der Waals surface area contributed by atoms with Gasteiger partial charge in [-0.2, -0.15) is 0 Å². The molecule has 0 radical (unpaired) electrons. The van der Waals surface area contributed by atoms with Gasteiger partial charge in [0.25, 0.3) is 0 Å². The van der Waals surface area contributed by atoms with Crippen LogP contribution in [0.25, 0.3) is 0 Å². The highest BCUT2D eigenvalue weighted by atomic mass is 16.4. The van der Waals surface area contributed by atoms with Crippen molar-refractivity contribution in [1.82, 2.24) is 0 Å². The molecule has 0 rings (SSSR count). The smallest absolute Gasteiger partial charge is 0.303 e. The normalized spacial score (nSPS) is 12.4. The maximum atomic E-state index is 10.4. The summed E-state index contributed by atoms with van der Waals surface area (Å²) in [6.07, 6.45) is 23.1. The van der Waals surface area contributed by atoms with Crippen LogP contribution in [0.2, 0.25) is 0 Å². The fourth-order valence-electron chi connectivity index (χ4n) is 3.52. The van der Waals surface area contributed by atoms with Crippen LogP contribution in [0.5, 0.6) is 0 Å². The molecule has 0 aromatic rings. The summed E-state index contributed by atoms with van der Waals surface area (Å²) in [6, 6.07) is 0. The van der Waals surface area contributed by atoms with E-state index in [0.717, 1.165) is 18.8 Å². The molecule has 24 heavy (non-hydrogen) atoms. The molecule has 1 N–H and O–H groups in total. The molecule has 0 amide bonds. The number of aliphatic carboxylic acids is 1. The highest BCUT2D eigenvalue weighted by Crippen LogP contribution is 2.20. The quantitative estimate of drug-likeness (QED) is 0.244. The third kappa shape index (κ3) is 17.8. The first-order valence-corrected chi connectivity index (χ1v) is 10.9. The zero-order valence-electron chi connectivity index (χ0n) is 16.7. The van der Waals surface area contributed by atoms with Gasteiger partial charge in [-0.25, -0.2) is 0 Å². The first kappa shape index (κ1) is 23.5. The second-order valence-corrected chi connectivity index (χ2v) is 7.59. The Morgan fingerprint density at radius 1 is 0.667 bits per heavy atom. The molecular weight excluding hydrogens is 296 g/mol. The van der Waals surface area contributed by atoms with Gasteiger partial charge in [0.2, 0.25) is 0 Å². The van der Waals surface area contributed by atoms with E-state index in [4.69, 9.17) is 5.11 Å². The van der Waals surface area contributed by atoms with Crippen molar-refractivity contribution in [3.63, 3.8) is 0 Å². The molecule has 0 fully saturated rings. The van der Waals surface area contributed by atoms with Crippen molar-refractivity contribution in [2.75, 3.05) is 0 Å². The van der Waals surface area contributed by atoms with E-state index < -0.39 is 5.97 Å². The number of hydrogen-bond acceptors (Lipinski definition) is 1. The van der Waals surface area contributed by atoms with Crippen molar-refractivity contribution in [3.8, 4) is 0 Å². The van der Waals surface area contributed by atoms with Gasteiger partial charge in [0.15, 0.2) is 0 Å². The first-order valence-electron chi connectivity index (χ1n) is 10.9. The van der Waals surface area contributed by atoms with Gasteiger partial charge in [0, 0.05) is 6.42 Å². The lowest BCUT2D eigenvalue weighted by molar-refractivity contribution is -0.137. The second-order valence-electron chi connectivity index (χ2n) is 7.59. The Morgan fingerprint density at radius 2 is 1.08 bits per heavy atom. The third-order valence-corrected chi connectivity index (χ3v) is 5.30. The Bertz CT molecular complexity index is 263. The van der Waals surface area contributed by atoms with Crippen molar-refractivity contribution < 1.29 is 9.90 Å². The molecule has 144 valence electrons. The van der Waals surface area contributed by atoms with Crippen LogP contribution >= 0.6 is 0 Å². The Kier molecular flexibility index (Phi) is 18.4.